The van der Waals surface area contributed by atoms with Crippen LogP contribution in [-0.2, 0) is 11.3 Å². The number of hydrogen-bond acceptors (Lipinski definition) is 5. The summed E-state index contributed by atoms with van der Waals surface area (Å²) in [5.41, 5.74) is 0.869. The van der Waals surface area contributed by atoms with Crippen molar-refractivity contribution in [3.8, 4) is 0 Å². The van der Waals surface area contributed by atoms with E-state index in [9.17, 15) is 9.59 Å². The molecular weight excluding hydrogens is 236 g/mol. The topological polar surface area (TPSA) is 81.4 Å². The molecule has 0 saturated heterocycles. The van der Waals surface area contributed by atoms with E-state index < -0.39 is 6.09 Å². The highest BCUT2D eigenvalue weighted by Crippen LogP contribution is 2.07. The van der Waals surface area contributed by atoms with Gasteiger partial charge in [-0.15, -0.1) is 0 Å². The summed E-state index contributed by atoms with van der Waals surface area (Å²) in [6, 6.07) is 9.17. The van der Waals surface area contributed by atoms with Gasteiger partial charge in [-0.05, 0) is 5.56 Å². The normalized spacial score (nSPS) is 9.78. The average Bonchev–Trinajstić information content (AvgIpc) is 2.85. The van der Waals surface area contributed by atoms with Gasteiger partial charge in [0.25, 0.3) is 0 Å². The molecule has 0 radical (unpaired) electrons. The Bertz CT molecular complexity index is 536. The third kappa shape index (κ3) is 3.18. The number of hydrogen-bond donors (Lipinski definition) is 1. The number of rotatable bonds is 4. The zero-order valence-electron chi connectivity index (χ0n) is 9.33. The Labute approximate surface area is 103 Å². The molecule has 1 N–H and O–H groups in total. The van der Waals surface area contributed by atoms with Gasteiger partial charge < -0.3 is 9.15 Å². The Morgan fingerprint density at radius 2 is 2.17 bits per heavy atom. The molecule has 0 aliphatic rings. The second-order valence-corrected chi connectivity index (χ2v) is 3.37. The molecule has 1 aromatic carbocycles. The molecular formula is C12H10N2O4. The molecule has 2 rings (SSSR count). The molecule has 6 nitrogen and oxygen atoms in total. The number of ether oxygens (including phenoxy) is 1. The lowest BCUT2D eigenvalue weighted by Gasteiger charge is -2.03. The second-order valence-electron chi connectivity index (χ2n) is 3.37. The SMILES string of the molecule is O=Cc1cnc(NC(=O)OCc2ccccc2)o1. The number of anilines is 1. The molecule has 0 atom stereocenters. The number of amides is 1. The summed E-state index contributed by atoms with van der Waals surface area (Å²) in [6.07, 6.45) is 1.01. The molecule has 0 spiro atoms. The highest BCUT2D eigenvalue weighted by molar-refractivity contribution is 5.82. The molecule has 1 amide bonds. The number of carbonyl (C=O) groups excluding carboxylic acids is 2. The first-order valence-electron chi connectivity index (χ1n) is 5.16. The fourth-order valence-corrected chi connectivity index (χ4v) is 1.25. The van der Waals surface area contributed by atoms with Gasteiger partial charge in [0.2, 0.25) is 0 Å². The number of oxazole rings is 1. The minimum Gasteiger partial charge on any atom is -0.444 e. The van der Waals surface area contributed by atoms with Crippen molar-refractivity contribution >= 4 is 18.4 Å². The highest BCUT2D eigenvalue weighted by atomic mass is 16.6. The first kappa shape index (κ1) is 11.8. The van der Waals surface area contributed by atoms with Crippen LogP contribution in [0.2, 0.25) is 0 Å². The molecule has 18 heavy (non-hydrogen) atoms. The molecule has 0 unspecified atom stereocenters. The van der Waals surface area contributed by atoms with E-state index in [0.717, 1.165) is 5.56 Å². The number of benzene rings is 1. The van der Waals surface area contributed by atoms with Crippen molar-refractivity contribution in [3.63, 3.8) is 0 Å². The average molecular weight is 246 g/mol. The zero-order chi connectivity index (χ0) is 12.8. The van der Waals surface area contributed by atoms with Crippen molar-refractivity contribution < 1.29 is 18.7 Å². The second kappa shape index (κ2) is 5.62. The van der Waals surface area contributed by atoms with Gasteiger partial charge in [0.1, 0.15) is 6.61 Å². The molecule has 0 fully saturated rings. The van der Waals surface area contributed by atoms with Gasteiger partial charge in [-0.3, -0.25) is 4.79 Å². The number of carbonyl (C=O) groups is 2. The largest absolute Gasteiger partial charge is 0.444 e. The van der Waals surface area contributed by atoms with Crippen LogP contribution in [0.4, 0.5) is 10.8 Å². The number of nitrogens with zero attached hydrogens (tertiary/aromatic N) is 1. The Hall–Kier alpha value is -2.63. The van der Waals surface area contributed by atoms with Crippen LogP contribution in [0.3, 0.4) is 0 Å². The van der Waals surface area contributed by atoms with Gasteiger partial charge in [-0.1, -0.05) is 30.3 Å². The van der Waals surface area contributed by atoms with Crippen molar-refractivity contribution in [1.29, 1.82) is 0 Å². The minimum atomic E-state index is -0.696. The molecule has 1 heterocycles. The van der Waals surface area contributed by atoms with E-state index in [-0.39, 0.29) is 18.4 Å². The van der Waals surface area contributed by atoms with Crippen molar-refractivity contribution in [3.05, 3.63) is 47.9 Å². The van der Waals surface area contributed by atoms with Crippen LogP contribution < -0.4 is 5.32 Å². The smallest absolute Gasteiger partial charge is 0.415 e. The monoisotopic (exact) mass is 246 g/mol. The van der Waals surface area contributed by atoms with Gasteiger partial charge in [0, 0.05) is 0 Å². The molecule has 1 aromatic heterocycles. The predicted molar refractivity (Wildman–Crippen MR) is 62.1 cm³/mol. The third-order valence-electron chi connectivity index (χ3n) is 2.06. The van der Waals surface area contributed by atoms with Crippen LogP contribution in [0.15, 0.2) is 40.9 Å². The Balaban J connectivity index is 1.84. The van der Waals surface area contributed by atoms with E-state index in [1.54, 1.807) is 0 Å². The van der Waals surface area contributed by atoms with E-state index in [2.05, 4.69) is 10.3 Å². The molecule has 2 aromatic rings. The molecule has 0 saturated carbocycles. The lowest BCUT2D eigenvalue weighted by molar-refractivity contribution is 0.110. The van der Waals surface area contributed by atoms with E-state index in [1.165, 1.54) is 6.20 Å². The summed E-state index contributed by atoms with van der Waals surface area (Å²) in [5.74, 6) is 0.0355. The summed E-state index contributed by atoms with van der Waals surface area (Å²) in [7, 11) is 0. The molecule has 0 aliphatic heterocycles. The summed E-state index contributed by atoms with van der Waals surface area (Å²) in [5, 5.41) is 2.27. The maximum atomic E-state index is 11.4. The van der Waals surface area contributed by atoms with Crippen molar-refractivity contribution in [2.45, 2.75) is 6.61 Å². The van der Waals surface area contributed by atoms with Crippen LogP contribution in [0.1, 0.15) is 16.1 Å². The number of aromatic nitrogens is 1. The molecule has 92 valence electrons. The zero-order valence-corrected chi connectivity index (χ0v) is 9.33. The fraction of sp³-hybridized carbons (Fsp3) is 0.0833. The van der Waals surface area contributed by atoms with Crippen LogP contribution in [0, 0.1) is 0 Å². The van der Waals surface area contributed by atoms with Crippen molar-refractivity contribution in [1.82, 2.24) is 4.98 Å². The van der Waals surface area contributed by atoms with Gasteiger partial charge in [-0.2, -0.15) is 0 Å². The van der Waals surface area contributed by atoms with Gasteiger partial charge >= 0.3 is 12.1 Å². The Kier molecular flexibility index (Phi) is 3.70. The minimum absolute atomic E-state index is 0.0355. The summed E-state index contributed by atoms with van der Waals surface area (Å²) < 4.78 is 9.80. The Morgan fingerprint density at radius 1 is 1.39 bits per heavy atom. The van der Waals surface area contributed by atoms with Crippen LogP contribution in [0.25, 0.3) is 0 Å². The Morgan fingerprint density at radius 3 is 2.83 bits per heavy atom. The molecule has 0 aliphatic carbocycles. The van der Waals surface area contributed by atoms with E-state index >= 15 is 0 Å². The summed E-state index contributed by atoms with van der Waals surface area (Å²) >= 11 is 0. The first-order chi connectivity index (χ1) is 8.78. The van der Waals surface area contributed by atoms with E-state index in [1.807, 2.05) is 30.3 Å². The van der Waals surface area contributed by atoms with Crippen LogP contribution in [-0.4, -0.2) is 17.4 Å². The number of aldehydes is 1. The van der Waals surface area contributed by atoms with Crippen LogP contribution in [0.5, 0.6) is 0 Å². The van der Waals surface area contributed by atoms with E-state index in [4.69, 9.17) is 9.15 Å². The van der Waals surface area contributed by atoms with Crippen LogP contribution >= 0.6 is 0 Å². The van der Waals surface area contributed by atoms with Gasteiger partial charge in [0.05, 0.1) is 6.20 Å². The fourth-order valence-electron chi connectivity index (χ4n) is 1.25. The van der Waals surface area contributed by atoms with Gasteiger partial charge in [0.15, 0.2) is 12.0 Å². The molecule has 0 bridgehead atoms. The lowest BCUT2D eigenvalue weighted by Crippen LogP contribution is -2.13. The summed E-state index contributed by atoms with van der Waals surface area (Å²) in [6.45, 7) is 0.147. The standard InChI is InChI=1S/C12H10N2O4/c15-7-10-6-13-11(18-10)14-12(16)17-8-9-4-2-1-3-5-9/h1-7H,8H2,(H,13,14,16). The number of nitrogens with one attached hydrogen (secondary N) is 1. The van der Waals surface area contributed by atoms with E-state index in [0.29, 0.717) is 6.29 Å². The predicted octanol–water partition coefficient (Wildman–Crippen LogP) is 2.24. The third-order valence-corrected chi connectivity index (χ3v) is 2.06. The van der Waals surface area contributed by atoms with Gasteiger partial charge in [-0.25, -0.2) is 15.1 Å². The van der Waals surface area contributed by atoms with Crippen molar-refractivity contribution in [2.75, 3.05) is 5.32 Å². The maximum Gasteiger partial charge on any atom is 0.415 e. The first-order valence-corrected chi connectivity index (χ1v) is 5.16. The quantitative estimate of drug-likeness (QED) is 0.836. The maximum absolute atomic E-state index is 11.4. The molecule has 6 heteroatoms. The highest BCUT2D eigenvalue weighted by Gasteiger charge is 2.08. The summed E-state index contributed by atoms with van der Waals surface area (Å²) in [4.78, 5) is 25.4. The lowest BCUT2D eigenvalue weighted by atomic mass is 10.2. The van der Waals surface area contributed by atoms with Crippen molar-refractivity contribution in [2.24, 2.45) is 0 Å².